The van der Waals surface area contributed by atoms with Gasteiger partial charge in [0.25, 0.3) is 0 Å². The molecular weight excluding hydrogens is 280 g/mol. The zero-order chi connectivity index (χ0) is 14.7. The number of rotatable bonds is 3. The minimum Gasteiger partial charge on any atom is -0.237 e. The average molecular weight is 295 g/mol. The van der Waals surface area contributed by atoms with Crippen LogP contribution in [0, 0.1) is 6.92 Å². The van der Waals surface area contributed by atoms with Gasteiger partial charge in [-0.1, -0.05) is 72.3 Å². The van der Waals surface area contributed by atoms with Gasteiger partial charge in [0, 0.05) is 5.69 Å². The summed E-state index contributed by atoms with van der Waals surface area (Å²) in [6.07, 6.45) is 0. The fourth-order valence-corrected chi connectivity index (χ4v) is 2.71. The van der Waals surface area contributed by atoms with Gasteiger partial charge in [-0.15, -0.1) is 0 Å². The summed E-state index contributed by atoms with van der Waals surface area (Å²) >= 11 is 6.12. The lowest BCUT2D eigenvalue weighted by Crippen LogP contribution is -2.09. The molecule has 0 aliphatic rings. The van der Waals surface area contributed by atoms with E-state index in [0.717, 1.165) is 22.6 Å². The molecule has 0 saturated heterocycles. The number of benzene rings is 2. The van der Waals surface area contributed by atoms with Crippen LogP contribution in [0.2, 0.25) is 5.15 Å². The van der Waals surface area contributed by atoms with Crippen molar-refractivity contribution in [1.82, 2.24) is 9.97 Å². The fourth-order valence-electron chi connectivity index (χ4n) is 2.46. The number of hydrogen-bond acceptors (Lipinski definition) is 2. The van der Waals surface area contributed by atoms with E-state index in [1.54, 1.807) is 6.07 Å². The van der Waals surface area contributed by atoms with E-state index >= 15 is 0 Å². The van der Waals surface area contributed by atoms with Crippen LogP contribution in [0.4, 0.5) is 0 Å². The first-order valence-electron chi connectivity index (χ1n) is 6.85. The molecule has 0 spiro atoms. The van der Waals surface area contributed by atoms with Gasteiger partial charge < -0.3 is 0 Å². The highest BCUT2D eigenvalue weighted by molar-refractivity contribution is 6.29. The molecular formula is C18H15ClN2. The summed E-state index contributed by atoms with van der Waals surface area (Å²) in [6.45, 7) is 1.93. The van der Waals surface area contributed by atoms with E-state index < -0.39 is 0 Å². The van der Waals surface area contributed by atoms with Gasteiger partial charge in [0.2, 0.25) is 0 Å². The first kappa shape index (κ1) is 13.8. The van der Waals surface area contributed by atoms with Crippen LogP contribution in [0.15, 0.2) is 66.7 Å². The van der Waals surface area contributed by atoms with Crippen LogP contribution in [0.3, 0.4) is 0 Å². The van der Waals surface area contributed by atoms with Crippen molar-refractivity contribution in [2.75, 3.05) is 0 Å². The Kier molecular flexibility index (Phi) is 3.98. The summed E-state index contributed by atoms with van der Waals surface area (Å²) in [5.74, 6) is 0.724. The second kappa shape index (κ2) is 6.06. The summed E-state index contributed by atoms with van der Waals surface area (Å²) < 4.78 is 0. The highest BCUT2D eigenvalue weighted by Gasteiger charge is 2.19. The van der Waals surface area contributed by atoms with Gasteiger partial charge in [0.1, 0.15) is 11.0 Å². The van der Waals surface area contributed by atoms with E-state index in [0.29, 0.717) is 5.15 Å². The largest absolute Gasteiger partial charge is 0.237 e. The summed E-state index contributed by atoms with van der Waals surface area (Å²) in [5, 5.41) is 0.481. The molecule has 0 bridgehead atoms. The molecule has 0 fully saturated rings. The van der Waals surface area contributed by atoms with Crippen molar-refractivity contribution in [2.45, 2.75) is 12.8 Å². The average Bonchev–Trinajstić information content (AvgIpc) is 2.49. The molecule has 2 aromatic carbocycles. The Hall–Kier alpha value is -2.19. The zero-order valence-electron chi connectivity index (χ0n) is 11.7. The molecule has 3 aromatic rings. The van der Waals surface area contributed by atoms with Crippen LogP contribution in [0.25, 0.3) is 0 Å². The Balaban J connectivity index is 2.17. The molecule has 1 heterocycles. The van der Waals surface area contributed by atoms with Crippen molar-refractivity contribution in [3.05, 3.63) is 94.5 Å². The molecule has 0 atom stereocenters. The molecule has 1 aromatic heterocycles. The third-order valence-corrected chi connectivity index (χ3v) is 3.56. The van der Waals surface area contributed by atoms with Crippen molar-refractivity contribution in [3.8, 4) is 0 Å². The summed E-state index contributed by atoms with van der Waals surface area (Å²) in [7, 11) is 0. The topological polar surface area (TPSA) is 25.8 Å². The molecule has 2 nitrogen and oxygen atoms in total. The summed E-state index contributed by atoms with van der Waals surface area (Å²) in [4.78, 5) is 9.03. The molecule has 3 heteroatoms. The molecule has 0 saturated carbocycles. The van der Waals surface area contributed by atoms with Crippen LogP contribution >= 0.6 is 11.6 Å². The van der Waals surface area contributed by atoms with Gasteiger partial charge in [-0.05, 0) is 24.1 Å². The van der Waals surface area contributed by atoms with Crippen molar-refractivity contribution < 1.29 is 0 Å². The first-order valence-corrected chi connectivity index (χ1v) is 7.23. The maximum Gasteiger partial charge on any atom is 0.142 e. The van der Waals surface area contributed by atoms with Crippen LogP contribution in [0.5, 0.6) is 0 Å². The lowest BCUT2D eigenvalue weighted by molar-refractivity contribution is 0.842. The second-order valence-electron chi connectivity index (χ2n) is 4.94. The lowest BCUT2D eigenvalue weighted by Gasteiger charge is -2.17. The maximum absolute atomic E-state index is 6.12. The monoisotopic (exact) mass is 294 g/mol. The minimum absolute atomic E-state index is 0.00944. The number of halogens is 1. The van der Waals surface area contributed by atoms with Gasteiger partial charge in [0.05, 0.1) is 5.92 Å². The molecule has 0 radical (unpaired) electrons. The van der Waals surface area contributed by atoms with Gasteiger partial charge in [-0.2, -0.15) is 0 Å². The molecule has 0 unspecified atom stereocenters. The molecule has 3 rings (SSSR count). The van der Waals surface area contributed by atoms with E-state index in [1.807, 2.05) is 43.3 Å². The van der Waals surface area contributed by atoms with Crippen molar-refractivity contribution in [3.63, 3.8) is 0 Å². The van der Waals surface area contributed by atoms with Crippen LogP contribution < -0.4 is 0 Å². The zero-order valence-corrected chi connectivity index (χ0v) is 12.5. The highest BCUT2D eigenvalue weighted by atomic mass is 35.5. The molecule has 0 N–H and O–H groups in total. The van der Waals surface area contributed by atoms with Gasteiger partial charge in [-0.25, -0.2) is 9.97 Å². The third kappa shape index (κ3) is 3.11. The highest BCUT2D eigenvalue weighted by Crippen LogP contribution is 2.30. The number of nitrogens with zero attached hydrogens (tertiary/aromatic N) is 2. The first-order chi connectivity index (χ1) is 10.2. The summed E-state index contributed by atoms with van der Waals surface area (Å²) in [6, 6.07) is 22.3. The van der Waals surface area contributed by atoms with Gasteiger partial charge >= 0.3 is 0 Å². The van der Waals surface area contributed by atoms with Gasteiger partial charge in [0.15, 0.2) is 0 Å². The van der Waals surface area contributed by atoms with E-state index in [4.69, 9.17) is 11.6 Å². The van der Waals surface area contributed by atoms with Crippen molar-refractivity contribution in [1.29, 1.82) is 0 Å². The maximum atomic E-state index is 6.12. The van der Waals surface area contributed by atoms with Crippen LogP contribution in [-0.2, 0) is 0 Å². The van der Waals surface area contributed by atoms with Crippen molar-refractivity contribution >= 4 is 11.6 Å². The fraction of sp³-hybridized carbons (Fsp3) is 0.111. The Morgan fingerprint density at radius 3 is 1.81 bits per heavy atom. The molecule has 104 valence electrons. The lowest BCUT2D eigenvalue weighted by atomic mass is 9.90. The van der Waals surface area contributed by atoms with E-state index in [-0.39, 0.29) is 5.92 Å². The smallest absolute Gasteiger partial charge is 0.142 e. The van der Waals surface area contributed by atoms with Crippen molar-refractivity contribution in [2.24, 2.45) is 0 Å². The van der Waals surface area contributed by atoms with E-state index in [1.165, 1.54) is 0 Å². The van der Waals surface area contributed by atoms with Crippen LogP contribution in [-0.4, -0.2) is 9.97 Å². The quantitative estimate of drug-likeness (QED) is 0.659. The molecule has 0 aliphatic carbocycles. The number of hydrogen-bond donors (Lipinski definition) is 0. The van der Waals surface area contributed by atoms with E-state index in [9.17, 15) is 0 Å². The number of aromatic nitrogens is 2. The normalized spacial score (nSPS) is 10.8. The predicted molar refractivity (Wildman–Crippen MR) is 85.6 cm³/mol. The molecule has 0 amide bonds. The number of aryl methyl sites for hydroxylation is 1. The Morgan fingerprint density at radius 1 is 0.810 bits per heavy atom. The molecule has 21 heavy (non-hydrogen) atoms. The Morgan fingerprint density at radius 2 is 1.33 bits per heavy atom. The minimum atomic E-state index is -0.00944. The SMILES string of the molecule is Cc1cc(Cl)nc(C(c2ccccc2)c2ccccc2)n1. The van der Waals surface area contributed by atoms with Crippen LogP contribution in [0.1, 0.15) is 28.6 Å². The second-order valence-corrected chi connectivity index (χ2v) is 5.33. The standard InChI is InChI=1S/C18H15ClN2/c1-13-12-16(19)21-18(20-13)17(14-8-4-2-5-9-14)15-10-6-3-7-11-15/h2-12,17H,1H3. The summed E-state index contributed by atoms with van der Waals surface area (Å²) in [5.41, 5.74) is 3.19. The third-order valence-electron chi connectivity index (χ3n) is 3.36. The Bertz CT molecular complexity index is 667. The van der Waals surface area contributed by atoms with Gasteiger partial charge in [-0.3, -0.25) is 0 Å². The predicted octanol–water partition coefficient (Wildman–Crippen LogP) is 4.62. The van der Waals surface area contributed by atoms with E-state index in [2.05, 4.69) is 34.2 Å². The Labute approximate surface area is 129 Å². The molecule has 0 aliphatic heterocycles.